The van der Waals surface area contributed by atoms with Crippen molar-refractivity contribution >= 4 is 39.1 Å². The van der Waals surface area contributed by atoms with Crippen molar-refractivity contribution < 1.29 is 26.3 Å². The number of hydrogen-bond acceptors (Lipinski definition) is 5. The van der Waals surface area contributed by atoms with Crippen molar-refractivity contribution in [1.82, 2.24) is 0 Å². The third-order valence-electron chi connectivity index (χ3n) is 2.90. The lowest BCUT2D eigenvalue weighted by Crippen LogP contribution is -2.23. The van der Waals surface area contributed by atoms with Gasteiger partial charge in [-0.2, -0.15) is 8.42 Å². The fourth-order valence-corrected chi connectivity index (χ4v) is 2.60. The van der Waals surface area contributed by atoms with Crippen LogP contribution < -0.4 is 11.1 Å². The molecule has 0 saturated heterocycles. The van der Waals surface area contributed by atoms with E-state index in [9.17, 15) is 22.0 Å². The van der Waals surface area contributed by atoms with E-state index in [1.165, 1.54) is 24.3 Å². The highest BCUT2D eigenvalue weighted by molar-refractivity contribution is 7.86. The Bertz CT molecular complexity index is 950. The number of amides is 1. The van der Waals surface area contributed by atoms with Crippen LogP contribution in [-0.2, 0) is 19.2 Å². The normalized spacial score (nSPS) is 11.9. The molecule has 0 spiro atoms. The van der Waals surface area contributed by atoms with Crippen molar-refractivity contribution in [1.29, 1.82) is 0 Å². The Labute approximate surface area is 152 Å². The molecule has 26 heavy (non-hydrogen) atoms. The minimum Gasteiger partial charge on any atom is -0.384 e. The molecule has 0 atom stereocenters. The van der Waals surface area contributed by atoms with E-state index < -0.39 is 39.9 Å². The van der Waals surface area contributed by atoms with Gasteiger partial charge in [-0.05, 0) is 36.4 Å². The van der Waals surface area contributed by atoms with Crippen molar-refractivity contribution in [3.63, 3.8) is 0 Å². The highest BCUT2D eigenvalue weighted by Gasteiger charge is 2.16. The monoisotopic (exact) mass is 403 g/mol. The molecule has 3 N–H and O–H groups in total. The van der Waals surface area contributed by atoms with Crippen LogP contribution in [0.5, 0.6) is 0 Å². The molecule has 0 unspecified atom stereocenters. The minimum absolute atomic E-state index is 0.212. The molecule has 2 aromatic rings. The molecule has 0 fully saturated rings. The number of nitrogens with one attached hydrogen (secondary N) is 1. The van der Waals surface area contributed by atoms with E-state index in [1.807, 2.05) is 0 Å². The van der Waals surface area contributed by atoms with Crippen LogP contribution in [0.15, 0.2) is 52.5 Å². The predicted molar refractivity (Wildman–Crippen MR) is 90.9 cm³/mol. The first kappa shape index (κ1) is 19.6. The Hall–Kier alpha value is -2.72. The summed E-state index contributed by atoms with van der Waals surface area (Å²) in [5.74, 6) is -3.05. The molecule has 0 aliphatic carbocycles. The lowest BCUT2D eigenvalue weighted by atomic mass is 10.3. The number of hydrogen-bond donors (Lipinski definition) is 2. The Morgan fingerprint density at radius 1 is 1.19 bits per heavy atom. The summed E-state index contributed by atoms with van der Waals surface area (Å²) in [5, 5.41) is 5.64. The maximum absolute atomic E-state index is 13.4. The van der Waals surface area contributed by atoms with Crippen molar-refractivity contribution in [3.05, 3.63) is 59.1 Å². The van der Waals surface area contributed by atoms with Crippen molar-refractivity contribution in [2.24, 2.45) is 10.9 Å². The molecule has 1 amide bonds. The molecular weight excluding hydrogens is 392 g/mol. The van der Waals surface area contributed by atoms with E-state index in [0.29, 0.717) is 11.1 Å². The molecule has 0 saturated carbocycles. The van der Waals surface area contributed by atoms with Crippen LogP contribution in [0.4, 0.5) is 14.5 Å². The van der Waals surface area contributed by atoms with E-state index in [2.05, 4.69) is 14.8 Å². The number of nitrogens with two attached hydrogens (primary N) is 1. The molecular formula is C15H12ClF2N3O4S. The SMILES string of the molecule is NC(CC(=O)Nc1ccc(F)cc1F)=NOS(=O)(=O)c1ccc(Cl)cc1. The second-order valence-corrected chi connectivity index (χ2v) is 6.88. The number of benzene rings is 2. The maximum atomic E-state index is 13.4. The molecule has 0 aromatic heterocycles. The minimum atomic E-state index is -4.24. The van der Waals surface area contributed by atoms with Gasteiger partial charge in [0.1, 0.15) is 22.4 Å². The quantitative estimate of drug-likeness (QED) is 0.437. The number of oxime groups is 1. The summed E-state index contributed by atoms with van der Waals surface area (Å²) in [6, 6.07) is 7.66. The average Bonchev–Trinajstić information content (AvgIpc) is 2.56. The average molecular weight is 404 g/mol. The van der Waals surface area contributed by atoms with Gasteiger partial charge in [-0.3, -0.25) is 9.08 Å². The van der Waals surface area contributed by atoms with Crippen LogP contribution in [0.25, 0.3) is 0 Å². The third-order valence-corrected chi connectivity index (χ3v) is 4.27. The topological polar surface area (TPSA) is 111 Å². The second-order valence-electron chi connectivity index (χ2n) is 4.91. The standard InChI is InChI=1S/C15H12ClF2N3O4S/c16-9-1-4-11(5-2-9)26(23,24)25-21-14(19)8-15(22)20-13-6-3-10(17)7-12(13)18/h1-7H,8H2,(H2,19,21)(H,20,22). The zero-order valence-electron chi connectivity index (χ0n) is 12.9. The first-order chi connectivity index (χ1) is 12.2. The van der Waals surface area contributed by atoms with Gasteiger partial charge in [-0.15, -0.1) is 0 Å². The van der Waals surface area contributed by atoms with Gasteiger partial charge in [0.2, 0.25) is 5.91 Å². The van der Waals surface area contributed by atoms with Crippen molar-refractivity contribution in [2.75, 3.05) is 5.32 Å². The number of halogens is 3. The summed E-state index contributed by atoms with van der Waals surface area (Å²) in [6.07, 6.45) is -0.576. The van der Waals surface area contributed by atoms with Gasteiger partial charge >= 0.3 is 10.1 Å². The zero-order valence-corrected chi connectivity index (χ0v) is 14.5. The highest BCUT2D eigenvalue weighted by atomic mass is 35.5. The van der Waals surface area contributed by atoms with Crippen LogP contribution in [0.3, 0.4) is 0 Å². The summed E-state index contributed by atoms with van der Waals surface area (Å²) in [4.78, 5) is 11.5. The maximum Gasteiger partial charge on any atom is 0.358 e. The number of amidine groups is 1. The molecule has 138 valence electrons. The smallest absolute Gasteiger partial charge is 0.358 e. The molecule has 11 heteroatoms. The Morgan fingerprint density at radius 2 is 1.85 bits per heavy atom. The van der Waals surface area contributed by atoms with Crippen LogP contribution in [0, 0.1) is 11.6 Å². The fourth-order valence-electron chi connectivity index (χ4n) is 1.72. The number of anilines is 1. The fraction of sp³-hybridized carbons (Fsp3) is 0.0667. The van der Waals surface area contributed by atoms with E-state index in [1.54, 1.807) is 0 Å². The second kappa shape index (κ2) is 8.11. The number of carbonyl (C=O) groups is 1. The summed E-state index contributed by atoms with van der Waals surface area (Å²) in [7, 11) is -4.24. The van der Waals surface area contributed by atoms with Crippen LogP contribution in [-0.4, -0.2) is 20.2 Å². The van der Waals surface area contributed by atoms with Gasteiger partial charge < -0.3 is 11.1 Å². The third kappa shape index (κ3) is 5.39. The van der Waals surface area contributed by atoms with Gasteiger partial charge in [0.25, 0.3) is 0 Å². The summed E-state index contributed by atoms with van der Waals surface area (Å²) < 4.78 is 54.4. The van der Waals surface area contributed by atoms with Gasteiger partial charge in [0.15, 0.2) is 0 Å². The Balaban J connectivity index is 1.98. The first-order valence-corrected chi connectivity index (χ1v) is 8.72. The Kier molecular flexibility index (Phi) is 6.11. The van der Waals surface area contributed by atoms with Crippen LogP contribution in [0.2, 0.25) is 5.02 Å². The van der Waals surface area contributed by atoms with Crippen LogP contribution in [0.1, 0.15) is 6.42 Å². The molecule has 0 radical (unpaired) electrons. The summed E-state index contributed by atoms with van der Waals surface area (Å²) in [5.41, 5.74) is 5.16. The number of nitrogens with zero attached hydrogens (tertiary/aromatic N) is 1. The molecule has 7 nitrogen and oxygen atoms in total. The number of rotatable bonds is 6. The predicted octanol–water partition coefficient (Wildman–Crippen LogP) is 2.62. The van der Waals surface area contributed by atoms with E-state index >= 15 is 0 Å². The van der Waals surface area contributed by atoms with Gasteiger partial charge in [0, 0.05) is 11.1 Å². The van der Waals surface area contributed by atoms with Crippen molar-refractivity contribution in [2.45, 2.75) is 11.3 Å². The largest absolute Gasteiger partial charge is 0.384 e. The van der Waals surface area contributed by atoms with E-state index in [4.69, 9.17) is 17.3 Å². The van der Waals surface area contributed by atoms with Gasteiger partial charge in [-0.1, -0.05) is 16.8 Å². The molecule has 0 aliphatic rings. The molecule has 0 heterocycles. The molecule has 2 rings (SSSR count). The van der Waals surface area contributed by atoms with Crippen LogP contribution >= 0.6 is 11.6 Å². The Morgan fingerprint density at radius 3 is 2.46 bits per heavy atom. The highest BCUT2D eigenvalue weighted by Crippen LogP contribution is 2.17. The molecule has 2 aromatic carbocycles. The lowest BCUT2D eigenvalue weighted by Gasteiger charge is -2.06. The van der Waals surface area contributed by atoms with E-state index in [-0.39, 0.29) is 10.6 Å². The lowest BCUT2D eigenvalue weighted by molar-refractivity contribution is -0.115. The van der Waals surface area contributed by atoms with Gasteiger partial charge in [-0.25, -0.2) is 8.78 Å². The van der Waals surface area contributed by atoms with E-state index in [0.717, 1.165) is 12.1 Å². The van der Waals surface area contributed by atoms with Gasteiger partial charge in [0.05, 0.1) is 12.1 Å². The zero-order chi connectivity index (χ0) is 19.3. The van der Waals surface area contributed by atoms with Crippen molar-refractivity contribution in [3.8, 4) is 0 Å². The molecule has 0 aliphatic heterocycles. The molecule has 0 bridgehead atoms. The first-order valence-electron chi connectivity index (χ1n) is 6.94. The summed E-state index contributed by atoms with van der Waals surface area (Å²) in [6.45, 7) is 0. The number of carbonyl (C=O) groups excluding carboxylic acids is 1. The summed E-state index contributed by atoms with van der Waals surface area (Å²) >= 11 is 5.66.